The third-order valence-electron chi connectivity index (χ3n) is 3.55. The first kappa shape index (κ1) is 14.9. The van der Waals surface area contributed by atoms with Gasteiger partial charge in [-0.15, -0.1) is 0 Å². The standard InChI is InChI=1S/C15H24N2O/c1-11-6-7-14(10-12(11)2)15(18)13(3)17(5)9-8-16-4/h6-7,10,13,16H,8-9H2,1-5H3. The molecular formula is C15H24N2O. The maximum atomic E-state index is 12.4. The molecule has 1 atom stereocenters. The van der Waals surface area contributed by atoms with Gasteiger partial charge in [0.25, 0.3) is 0 Å². The van der Waals surface area contributed by atoms with Crippen LogP contribution in [0.15, 0.2) is 18.2 Å². The summed E-state index contributed by atoms with van der Waals surface area (Å²) in [7, 11) is 3.91. The van der Waals surface area contributed by atoms with Gasteiger partial charge in [0, 0.05) is 18.7 Å². The molecule has 1 aromatic carbocycles. The number of hydrogen-bond donors (Lipinski definition) is 1. The van der Waals surface area contributed by atoms with Gasteiger partial charge in [0.2, 0.25) is 0 Å². The fourth-order valence-corrected chi connectivity index (χ4v) is 1.82. The molecule has 0 saturated heterocycles. The summed E-state index contributed by atoms with van der Waals surface area (Å²) in [6.45, 7) is 7.83. The minimum atomic E-state index is -0.0829. The van der Waals surface area contributed by atoms with E-state index < -0.39 is 0 Å². The smallest absolute Gasteiger partial charge is 0.179 e. The Morgan fingerprint density at radius 1 is 1.33 bits per heavy atom. The molecule has 0 aliphatic heterocycles. The number of nitrogens with zero attached hydrogens (tertiary/aromatic N) is 1. The highest BCUT2D eigenvalue weighted by atomic mass is 16.1. The molecule has 0 bridgehead atoms. The van der Waals surface area contributed by atoms with E-state index in [-0.39, 0.29) is 11.8 Å². The number of rotatable bonds is 6. The van der Waals surface area contributed by atoms with Gasteiger partial charge in [0.15, 0.2) is 5.78 Å². The van der Waals surface area contributed by atoms with Gasteiger partial charge in [-0.2, -0.15) is 0 Å². The summed E-state index contributed by atoms with van der Waals surface area (Å²) >= 11 is 0. The highest BCUT2D eigenvalue weighted by Gasteiger charge is 2.19. The van der Waals surface area contributed by atoms with Crippen LogP contribution in [0.4, 0.5) is 0 Å². The van der Waals surface area contributed by atoms with E-state index in [4.69, 9.17) is 0 Å². The fraction of sp³-hybridized carbons (Fsp3) is 0.533. The van der Waals surface area contributed by atoms with Crippen molar-refractivity contribution in [2.24, 2.45) is 0 Å². The fourth-order valence-electron chi connectivity index (χ4n) is 1.82. The summed E-state index contributed by atoms with van der Waals surface area (Å²) in [6.07, 6.45) is 0. The molecule has 0 aliphatic carbocycles. The van der Waals surface area contributed by atoms with Crippen LogP contribution in [0, 0.1) is 13.8 Å². The SMILES string of the molecule is CNCCN(C)C(C)C(=O)c1ccc(C)c(C)c1. The molecule has 1 aromatic rings. The number of hydrogen-bond acceptors (Lipinski definition) is 3. The summed E-state index contributed by atoms with van der Waals surface area (Å²) in [5, 5.41) is 3.10. The van der Waals surface area contributed by atoms with Crippen molar-refractivity contribution in [3.8, 4) is 0 Å². The molecular weight excluding hydrogens is 224 g/mol. The number of carbonyl (C=O) groups is 1. The second-order valence-corrected chi connectivity index (χ2v) is 4.92. The van der Waals surface area contributed by atoms with Crippen LogP contribution in [0.3, 0.4) is 0 Å². The number of carbonyl (C=O) groups excluding carboxylic acids is 1. The molecule has 1 rings (SSSR count). The van der Waals surface area contributed by atoms with Crippen molar-refractivity contribution in [1.82, 2.24) is 10.2 Å². The van der Waals surface area contributed by atoms with E-state index in [1.807, 2.05) is 46.1 Å². The molecule has 100 valence electrons. The molecule has 3 nitrogen and oxygen atoms in total. The van der Waals surface area contributed by atoms with Crippen molar-refractivity contribution in [3.63, 3.8) is 0 Å². The number of Topliss-reactive ketones (excluding diaryl/α,β-unsaturated/α-hetero) is 1. The van der Waals surface area contributed by atoms with Gasteiger partial charge in [-0.3, -0.25) is 9.69 Å². The molecule has 0 aliphatic rings. The van der Waals surface area contributed by atoms with Crippen LogP contribution in [-0.4, -0.2) is 43.9 Å². The number of benzene rings is 1. The Labute approximate surface area is 110 Å². The molecule has 3 heteroatoms. The van der Waals surface area contributed by atoms with Gasteiger partial charge in [0.05, 0.1) is 6.04 Å². The Morgan fingerprint density at radius 2 is 2.00 bits per heavy atom. The van der Waals surface area contributed by atoms with Gasteiger partial charge < -0.3 is 5.32 Å². The summed E-state index contributed by atoms with van der Waals surface area (Å²) in [6, 6.07) is 5.84. The van der Waals surface area contributed by atoms with E-state index in [0.717, 1.165) is 18.7 Å². The molecule has 0 heterocycles. The van der Waals surface area contributed by atoms with Crippen LogP contribution >= 0.6 is 0 Å². The lowest BCUT2D eigenvalue weighted by molar-refractivity contribution is 0.0870. The zero-order valence-electron chi connectivity index (χ0n) is 12.1. The highest BCUT2D eigenvalue weighted by molar-refractivity contribution is 6.00. The molecule has 0 radical (unpaired) electrons. The van der Waals surface area contributed by atoms with Gasteiger partial charge in [-0.25, -0.2) is 0 Å². The third kappa shape index (κ3) is 3.65. The largest absolute Gasteiger partial charge is 0.318 e. The van der Waals surface area contributed by atoms with E-state index >= 15 is 0 Å². The molecule has 0 fully saturated rings. The van der Waals surface area contributed by atoms with Gasteiger partial charge in [-0.1, -0.05) is 12.1 Å². The molecule has 18 heavy (non-hydrogen) atoms. The molecule has 1 unspecified atom stereocenters. The second-order valence-electron chi connectivity index (χ2n) is 4.92. The minimum Gasteiger partial charge on any atom is -0.318 e. The highest BCUT2D eigenvalue weighted by Crippen LogP contribution is 2.13. The van der Waals surface area contributed by atoms with Crippen molar-refractivity contribution in [2.45, 2.75) is 26.8 Å². The van der Waals surface area contributed by atoms with E-state index in [0.29, 0.717) is 0 Å². The van der Waals surface area contributed by atoms with Crippen LogP contribution in [0.2, 0.25) is 0 Å². The van der Waals surface area contributed by atoms with Crippen LogP contribution in [0.1, 0.15) is 28.4 Å². The summed E-state index contributed by atoms with van der Waals surface area (Å²) in [4.78, 5) is 14.4. The van der Waals surface area contributed by atoms with Crippen LogP contribution in [-0.2, 0) is 0 Å². The number of likely N-dealkylation sites (N-methyl/N-ethyl adjacent to an activating group) is 2. The zero-order valence-corrected chi connectivity index (χ0v) is 12.1. The maximum absolute atomic E-state index is 12.4. The van der Waals surface area contributed by atoms with Crippen molar-refractivity contribution < 1.29 is 4.79 Å². The number of ketones is 1. The van der Waals surface area contributed by atoms with Gasteiger partial charge in [0.1, 0.15) is 0 Å². The van der Waals surface area contributed by atoms with Gasteiger partial charge >= 0.3 is 0 Å². The van der Waals surface area contributed by atoms with Crippen molar-refractivity contribution in [2.75, 3.05) is 27.2 Å². The summed E-state index contributed by atoms with van der Waals surface area (Å²) in [5.74, 6) is 0.191. The average molecular weight is 248 g/mol. The zero-order chi connectivity index (χ0) is 13.7. The van der Waals surface area contributed by atoms with Crippen molar-refractivity contribution in [1.29, 1.82) is 0 Å². The van der Waals surface area contributed by atoms with E-state index in [9.17, 15) is 4.79 Å². The number of nitrogens with one attached hydrogen (secondary N) is 1. The molecule has 0 aromatic heterocycles. The van der Waals surface area contributed by atoms with E-state index in [1.54, 1.807) is 0 Å². The Balaban J connectivity index is 2.76. The molecule has 1 N–H and O–H groups in total. The van der Waals surface area contributed by atoms with E-state index in [2.05, 4.69) is 17.1 Å². The first-order valence-corrected chi connectivity index (χ1v) is 6.43. The van der Waals surface area contributed by atoms with Crippen molar-refractivity contribution in [3.05, 3.63) is 34.9 Å². The number of aryl methyl sites for hydroxylation is 2. The second kappa shape index (κ2) is 6.66. The van der Waals surface area contributed by atoms with Crippen LogP contribution in [0.5, 0.6) is 0 Å². The lowest BCUT2D eigenvalue weighted by Gasteiger charge is -2.23. The molecule has 0 spiro atoms. The predicted molar refractivity (Wildman–Crippen MR) is 76.3 cm³/mol. The van der Waals surface area contributed by atoms with Crippen LogP contribution in [0.25, 0.3) is 0 Å². The molecule has 0 amide bonds. The first-order valence-electron chi connectivity index (χ1n) is 6.43. The van der Waals surface area contributed by atoms with Gasteiger partial charge in [-0.05, 0) is 52.1 Å². The Morgan fingerprint density at radius 3 is 2.56 bits per heavy atom. The topological polar surface area (TPSA) is 32.3 Å². The minimum absolute atomic E-state index is 0.0829. The monoisotopic (exact) mass is 248 g/mol. The van der Waals surface area contributed by atoms with Crippen molar-refractivity contribution >= 4 is 5.78 Å². The quantitative estimate of drug-likeness (QED) is 0.782. The lowest BCUT2D eigenvalue weighted by Crippen LogP contribution is -2.39. The molecule has 0 saturated carbocycles. The lowest BCUT2D eigenvalue weighted by atomic mass is 10.00. The summed E-state index contributed by atoms with van der Waals surface area (Å²) in [5.41, 5.74) is 3.20. The predicted octanol–water partition coefficient (Wildman–Crippen LogP) is 2.03. The average Bonchev–Trinajstić information content (AvgIpc) is 2.37. The normalized spacial score (nSPS) is 12.8. The Bertz CT molecular complexity index is 415. The first-order chi connectivity index (χ1) is 8.47. The maximum Gasteiger partial charge on any atom is 0.179 e. The van der Waals surface area contributed by atoms with Crippen LogP contribution < -0.4 is 5.32 Å². The summed E-state index contributed by atoms with van der Waals surface area (Å²) < 4.78 is 0. The third-order valence-corrected chi connectivity index (χ3v) is 3.55. The Hall–Kier alpha value is -1.19. The van der Waals surface area contributed by atoms with E-state index in [1.165, 1.54) is 11.1 Å². The Kier molecular flexibility index (Phi) is 5.51.